The lowest BCUT2D eigenvalue weighted by molar-refractivity contribution is -0.119. The minimum Gasteiger partial charge on any atom is -0.380 e. The number of thioether (sulfide) groups is 1. The van der Waals surface area contributed by atoms with Crippen molar-refractivity contribution in [1.82, 2.24) is 0 Å². The Labute approximate surface area is 95.0 Å². The van der Waals surface area contributed by atoms with Crippen molar-refractivity contribution in [3.63, 3.8) is 0 Å². The van der Waals surface area contributed by atoms with Crippen LogP contribution in [0.3, 0.4) is 0 Å². The molecule has 0 bridgehead atoms. The molecule has 15 heavy (non-hydrogen) atoms. The van der Waals surface area contributed by atoms with Crippen LogP contribution >= 0.6 is 11.8 Å². The van der Waals surface area contributed by atoms with Crippen LogP contribution in [0.1, 0.15) is 13.3 Å². The fourth-order valence-electron chi connectivity index (χ4n) is 1.24. The zero-order valence-electron chi connectivity index (χ0n) is 9.10. The molecule has 0 aliphatic heterocycles. The van der Waals surface area contributed by atoms with Crippen molar-refractivity contribution >= 4 is 17.5 Å². The summed E-state index contributed by atoms with van der Waals surface area (Å²) in [4.78, 5) is 12.1. The van der Waals surface area contributed by atoms with Crippen LogP contribution in [0.2, 0.25) is 0 Å². The molecular formula is C12H16O2S. The Balaban J connectivity index is 2.37. The van der Waals surface area contributed by atoms with E-state index >= 15 is 0 Å². The van der Waals surface area contributed by atoms with Gasteiger partial charge in [0, 0.05) is 24.2 Å². The fourth-order valence-corrected chi connectivity index (χ4v) is 2.22. The van der Waals surface area contributed by atoms with Gasteiger partial charge in [0.05, 0.1) is 6.10 Å². The largest absolute Gasteiger partial charge is 0.380 e. The monoisotopic (exact) mass is 224 g/mol. The van der Waals surface area contributed by atoms with E-state index < -0.39 is 0 Å². The van der Waals surface area contributed by atoms with Gasteiger partial charge in [0.1, 0.15) is 5.78 Å². The van der Waals surface area contributed by atoms with Gasteiger partial charge in [0.25, 0.3) is 0 Å². The smallest absolute Gasteiger partial charge is 0.132 e. The maximum Gasteiger partial charge on any atom is 0.132 e. The molecule has 1 unspecified atom stereocenters. The quantitative estimate of drug-likeness (QED) is 0.695. The van der Waals surface area contributed by atoms with Crippen LogP contribution in [-0.4, -0.2) is 24.7 Å². The molecule has 3 heteroatoms. The first-order valence-corrected chi connectivity index (χ1v) is 5.91. The van der Waals surface area contributed by atoms with E-state index in [0.29, 0.717) is 6.42 Å². The van der Waals surface area contributed by atoms with Crippen LogP contribution in [0.25, 0.3) is 0 Å². The normalized spacial score (nSPS) is 12.4. The van der Waals surface area contributed by atoms with E-state index in [4.69, 9.17) is 4.74 Å². The Bertz CT molecular complexity index is 298. The molecule has 1 atom stereocenters. The van der Waals surface area contributed by atoms with Gasteiger partial charge < -0.3 is 4.74 Å². The van der Waals surface area contributed by atoms with Gasteiger partial charge >= 0.3 is 0 Å². The number of ether oxygens (including phenoxy) is 1. The van der Waals surface area contributed by atoms with Gasteiger partial charge in [-0.25, -0.2) is 0 Å². The maximum atomic E-state index is 10.9. The SMILES string of the molecule is COC(CSc1ccccc1)CC(C)=O. The van der Waals surface area contributed by atoms with Gasteiger partial charge in [-0.2, -0.15) is 0 Å². The third-order valence-corrected chi connectivity index (χ3v) is 3.17. The summed E-state index contributed by atoms with van der Waals surface area (Å²) in [5.74, 6) is 0.996. The minimum absolute atomic E-state index is 0.0210. The average Bonchev–Trinajstić information content (AvgIpc) is 2.25. The van der Waals surface area contributed by atoms with E-state index in [9.17, 15) is 4.79 Å². The van der Waals surface area contributed by atoms with Gasteiger partial charge in [-0.1, -0.05) is 18.2 Å². The zero-order valence-corrected chi connectivity index (χ0v) is 9.92. The predicted molar refractivity (Wildman–Crippen MR) is 63.3 cm³/mol. The molecule has 0 saturated carbocycles. The molecule has 0 N–H and O–H groups in total. The molecule has 0 fully saturated rings. The third kappa shape index (κ3) is 5.00. The molecule has 0 radical (unpaired) electrons. The van der Waals surface area contributed by atoms with Crippen molar-refractivity contribution < 1.29 is 9.53 Å². The highest BCUT2D eigenvalue weighted by molar-refractivity contribution is 7.99. The summed E-state index contributed by atoms with van der Waals surface area (Å²) in [7, 11) is 1.65. The third-order valence-electron chi connectivity index (χ3n) is 2.03. The number of hydrogen-bond donors (Lipinski definition) is 0. The summed E-state index contributed by atoms with van der Waals surface area (Å²) < 4.78 is 5.24. The number of benzene rings is 1. The average molecular weight is 224 g/mol. The second kappa shape index (κ2) is 6.64. The Hall–Kier alpha value is -0.800. The van der Waals surface area contributed by atoms with Crippen molar-refractivity contribution in [3.8, 4) is 0 Å². The highest BCUT2D eigenvalue weighted by atomic mass is 32.2. The number of carbonyl (C=O) groups excluding carboxylic acids is 1. The van der Waals surface area contributed by atoms with Gasteiger partial charge in [-0.05, 0) is 19.1 Å². The summed E-state index contributed by atoms with van der Waals surface area (Å²) in [5.41, 5.74) is 0. The lowest BCUT2D eigenvalue weighted by Crippen LogP contribution is -2.17. The predicted octanol–water partition coefficient (Wildman–Crippen LogP) is 2.77. The molecule has 2 nitrogen and oxygen atoms in total. The molecule has 82 valence electrons. The number of carbonyl (C=O) groups is 1. The minimum atomic E-state index is 0.0210. The standard InChI is InChI=1S/C12H16O2S/c1-10(13)8-11(14-2)9-15-12-6-4-3-5-7-12/h3-7,11H,8-9H2,1-2H3. The molecule has 1 rings (SSSR count). The fraction of sp³-hybridized carbons (Fsp3) is 0.417. The first-order valence-electron chi connectivity index (χ1n) is 4.92. The number of Topliss-reactive ketones (excluding diaryl/α,β-unsaturated/α-hetero) is 1. The van der Waals surface area contributed by atoms with Crippen LogP contribution in [0.15, 0.2) is 35.2 Å². The Kier molecular flexibility index (Phi) is 5.43. The summed E-state index contributed by atoms with van der Waals surface area (Å²) in [6, 6.07) is 10.1. The highest BCUT2D eigenvalue weighted by Crippen LogP contribution is 2.19. The summed E-state index contributed by atoms with van der Waals surface area (Å²) in [6.07, 6.45) is 0.517. The van der Waals surface area contributed by atoms with Crippen molar-refractivity contribution in [3.05, 3.63) is 30.3 Å². The topological polar surface area (TPSA) is 26.3 Å². The molecule has 0 saturated heterocycles. The van der Waals surface area contributed by atoms with E-state index in [1.54, 1.807) is 25.8 Å². The van der Waals surface area contributed by atoms with E-state index in [1.807, 2.05) is 18.2 Å². The maximum absolute atomic E-state index is 10.9. The van der Waals surface area contributed by atoms with Crippen LogP contribution in [-0.2, 0) is 9.53 Å². The molecule has 0 aliphatic rings. The molecule has 0 amide bonds. The van der Waals surface area contributed by atoms with Crippen LogP contribution in [0.4, 0.5) is 0 Å². The van der Waals surface area contributed by atoms with Gasteiger partial charge in [-0.15, -0.1) is 11.8 Å². The van der Waals surface area contributed by atoms with Gasteiger partial charge in [-0.3, -0.25) is 4.79 Å². The first kappa shape index (κ1) is 12.3. The Morgan fingerprint density at radius 2 is 2.07 bits per heavy atom. The summed E-state index contributed by atoms with van der Waals surface area (Å²) >= 11 is 1.72. The van der Waals surface area contributed by atoms with Crippen molar-refractivity contribution in [2.45, 2.75) is 24.3 Å². The number of hydrogen-bond acceptors (Lipinski definition) is 3. The van der Waals surface area contributed by atoms with Gasteiger partial charge in [0.15, 0.2) is 0 Å². The molecular weight excluding hydrogens is 208 g/mol. The molecule has 0 spiro atoms. The summed E-state index contributed by atoms with van der Waals surface area (Å²) in [6.45, 7) is 1.60. The van der Waals surface area contributed by atoms with E-state index in [2.05, 4.69) is 12.1 Å². The van der Waals surface area contributed by atoms with Crippen molar-refractivity contribution in [2.24, 2.45) is 0 Å². The van der Waals surface area contributed by atoms with Crippen molar-refractivity contribution in [1.29, 1.82) is 0 Å². The lowest BCUT2D eigenvalue weighted by atomic mass is 10.2. The van der Waals surface area contributed by atoms with Crippen LogP contribution in [0.5, 0.6) is 0 Å². The Morgan fingerprint density at radius 3 is 2.60 bits per heavy atom. The number of rotatable bonds is 6. The lowest BCUT2D eigenvalue weighted by Gasteiger charge is -2.12. The van der Waals surface area contributed by atoms with E-state index in [0.717, 1.165) is 5.75 Å². The molecule has 1 aromatic rings. The Morgan fingerprint density at radius 1 is 1.40 bits per heavy atom. The van der Waals surface area contributed by atoms with E-state index in [1.165, 1.54) is 4.90 Å². The molecule has 0 aliphatic carbocycles. The zero-order chi connectivity index (χ0) is 11.1. The second-order valence-electron chi connectivity index (χ2n) is 3.39. The molecule has 0 heterocycles. The second-order valence-corrected chi connectivity index (χ2v) is 4.48. The van der Waals surface area contributed by atoms with E-state index in [-0.39, 0.29) is 11.9 Å². The molecule has 0 aromatic heterocycles. The number of methoxy groups -OCH3 is 1. The first-order chi connectivity index (χ1) is 7.22. The number of ketones is 1. The summed E-state index contributed by atoms with van der Waals surface area (Å²) in [5, 5.41) is 0. The van der Waals surface area contributed by atoms with Gasteiger partial charge in [0.2, 0.25) is 0 Å². The van der Waals surface area contributed by atoms with Crippen LogP contribution in [0, 0.1) is 0 Å². The molecule has 1 aromatic carbocycles. The van der Waals surface area contributed by atoms with Crippen molar-refractivity contribution in [2.75, 3.05) is 12.9 Å². The highest BCUT2D eigenvalue weighted by Gasteiger charge is 2.10. The van der Waals surface area contributed by atoms with Crippen LogP contribution < -0.4 is 0 Å².